The van der Waals surface area contributed by atoms with Crippen molar-refractivity contribution in [3.05, 3.63) is 114 Å². The van der Waals surface area contributed by atoms with Crippen LogP contribution in [0.3, 0.4) is 0 Å². The Morgan fingerprint density at radius 2 is 1.55 bits per heavy atom. The number of nitro groups is 2. The molecule has 40 heavy (non-hydrogen) atoms. The van der Waals surface area contributed by atoms with Crippen LogP contribution in [-0.2, 0) is 0 Å². The van der Waals surface area contributed by atoms with Gasteiger partial charge in [-0.05, 0) is 48.0 Å². The van der Waals surface area contributed by atoms with E-state index in [2.05, 4.69) is 5.32 Å². The number of nitro benzene ring substituents is 2. The minimum atomic E-state index is -1.35. The van der Waals surface area contributed by atoms with Crippen molar-refractivity contribution in [1.29, 1.82) is 0 Å². The number of amides is 1. The SMILES string of the molecule is O=C(Nc1ccc(-c2c3ccc(=O)cc-3oc3cc(O)ccc23)c(C(=O)O)c1)c1ccc([N+](=O)[O-])c([N+](=O)[O-])c1. The van der Waals surface area contributed by atoms with E-state index >= 15 is 0 Å². The van der Waals surface area contributed by atoms with Gasteiger partial charge < -0.3 is 19.9 Å². The lowest BCUT2D eigenvalue weighted by Gasteiger charge is -2.17. The van der Waals surface area contributed by atoms with Crippen LogP contribution in [0.2, 0.25) is 0 Å². The summed E-state index contributed by atoms with van der Waals surface area (Å²) in [5.41, 5.74) is -1.23. The third-order valence-electron chi connectivity index (χ3n) is 6.09. The van der Waals surface area contributed by atoms with E-state index in [1.54, 1.807) is 0 Å². The Balaban J connectivity index is 1.61. The summed E-state index contributed by atoms with van der Waals surface area (Å²) in [5, 5.41) is 45.2. The third kappa shape index (κ3) is 4.54. The first-order valence-corrected chi connectivity index (χ1v) is 11.3. The van der Waals surface area contributed by atoms with E-state index < -0.39 is 33.1 Å². The van der Waals surface area contributed by atoms with Gasteiger partial charge >= 0.3 is 17.3 Å². The van der Waals surface area contributed by atoms with Crippen molar-refractivity contribution < 1.29 is 34.1 Å². The van der Waals surface area contributed by atoms with Crippen molar-refractivity contribution in [1.82, 2.24) is 0 Å². The number of nitrogens with one attached hydrogen (secondary N) is 1. The highest BCUT2D eigenvalue weighted by molar-refractivity contribution is 6.09. The normalized spacial score (nSPS) is 10.9. The highest BCUT2D eigenvalue weighted by Gasteiger charge is 2.26. The predicted molar refractivity (Wildman–Crippen MR) is 141 cm³/mol. The first-order chi connectivity index (χ1) is 19.0. The Morgan fingerprint density at radius 3 is 2.25 bits per heavy atom. The fourth-order valence-corrected chi connectivity index (χ4v) is 4.33. The Kier molecular flexibility index (Phi) is 6.16. The van der Waals surface area contributed by atoms with E-state index in [4.69, 9.17) is 4.42 Å². The van der Waals surface area contributed by atoms with E-state index in [9.17, 15) is 44.8 Å². The van der Waals surface area contributed by atoms with Crippen molar-refractivity contribution in [2.75, 3.05) is 5.32 Å². The molecule has 13 nitrogen and oxygen atoms in total. The van der Waals surface area contributed by atoms with Crippen LogP contribution in [-0.4, -0.2) is 31.9 Å². The molecule has 3 N–H and O–H groups in total. The molecule has 0 fully saturated rings. The minimum absolute atomic E-state index is 0.0286. The number of carboxylic acids is 1. The molecular weight excluding hydrogens is 526 g/mol. The van der Waals surface area contributed by atoms with Crippen LogP contribution in [0.5, 0.6) is 5.75 Å². The number of hydrogen-bond donors (Lipinski definition) is 3. The molecule has 1 aliphatic heterocycles. The molecule has 0 spiro atoms. The Labute approximate surface area is 222 Å². The number of phenolic OH excluding ortho intramolecular Hbond substituents is 1. The zero-order valence-corrected chi connectivity index (χ0v) is 20.0. The Bertz CT molecular complexity index is 1930. The molecule has 13 heteroatoms. The van der Waals surface area contributed by atoms with E-state index in [1.807, 2.05) is 0 Å². The number of hydrogen-bond acceptors (Lipinski definition) is 9. The summed E-state index contributed by atoms with van der Waals surface area (Å²) in [7, 11) is 0. The molecule has 3 aromatic carbocycles. The summed E-state index contributed by atoms with van der Waals surface area (Å²) in [6.45, 7) is 0. The van der Waals surface area contributed by atoms with Gasteiger partial charge in [0.05, 0.1) is 15.4 Å². The lowest BCUT2D eigenvalue weighted by molar-refractivity contribution is -0.422. The highest BCUT2D eigenvalue weighted by Crippen LogP contribution is 2.42. The lowest BCUT2D eigenvalue weighted by Crippen LogP contribution is -2.13. The molecule has 0 saturated heterocycles. The maximum Gasteiger partial charge on any atom is 0.346 e. The first-order valence-electron chi connectivity index (χ1n) is 11.3. The molecule has 0 unspecified atom stereocenters. The van der Waals surface area contributed by atoms with Gasteiger partial charge in [-0.1, -0.05) is 6.07 Å². The summed E-state index contributed by atoms with van der Waals surface area (Å²) < 4.78 is 5.79. The van der Waals surface area contributed by atoms with E-state index in [-0.39, 0.29) is 44.9 Å². The average molecular weight is 541 g/mol. The van der Waals surface area contributed by atoms with Crippen LogP contribution in [0.25, 0.3) is 33.4 Å². The third-order valence-corrected chi connectivity index (χ3v) is 6.09. The monoisotopic (exact) mass is 541 g/mol. The van der Waals surface area contributed by atoms with Gasteiger partial charge in [0.1, 0.15) is 17.1 Å². The number of fused-ring (bicyclic) bond motifs is 2. The molecule has 3 aromatic rings. The molecule has 1 heterocycles. The second kappa shape index (κ2) is 9.64. The number of carbonyl (C=O) groups is 2. The summed E-state index contributed by atoms with van der Waals surface area (Å²) in [6, 6.07) is 14.9. The second-order valence-electron chi connectivity index (χ2n) is 8.55. The molecular formula is C27H15N3O10. The predicted octanol–water partition coefficient (Wildman–Crippen LogP) is 5.04. The number of aromatic hydroxyl groups is 1. The summed E-state index contributed by atoms with van der Waals surface area (Å²) in [5.74, 6) is -2.16. The number of carbonyl (C=O) groups excluding carboxylic acids is 1. The maximum absolute atomic E-state index is 12.8. The molecule has 0 bridgehead atoms. The van der Waals surface area contributed by atoms with Gasteiger partial charge in [-0.15, -0.1) is 0 Å². The van der Waals surface area contributed by atoms with Gasteiger partial charge in [-0.3, -0.25) is 29.8 Å². The fraction of sp³-hybridized carbons (Fsp3) is 0. The van der Waals surface area contributed by atoms with E-state index in [1.165, 1.54) is 54.6 Å². The van der Waals surface area contributed by atoms with Crippen LogP contribution in [0, 0.1) is 20.2 Å². The lowest BCUT2D eigenvalue weighted by atomic mass is 9.90. The molecule has 0 saturated carbocycles. The number of aromatic carboxylic acids is 1. The van der Waals surface area contributed by atoms with Gasteiger partial charge in [0.25, 0.3) is 5.91 Å². The molecule has 2 aliphatic rings. The van der Waals surface area contributed by atoms with Crippen LogP contribution in [0.15, 0.2) is 82.0 Å². The second-order valence-corrected chi connectivity index (χ2v) is 8.55. The van der Waals surface area contributed by atoms with Crippen LogP contribution >= 0.6 is 0 Å². The van der Waals surface area contributed by atoms with Crippen LogP contribution in [0.4, 0.5) is 17.1 Å². The number of rotatable bonds is 6. The van der Waals surface area contributed by atoms with Crippen LogP contribution in [0.1, 0.15) is 20.7 Å². The maximum atomic E-state index is 12.8. The average Bonchev–Trinajstić information content (AvgIpc) is 2.91. The number of benzene rings is 4. The summed E-state index contributed by atoms with van der Waals surface area (Å²) in [6.07, 6.45) is 0. The summed E-state index contributed by atoms with van der Waals surface area (Å²) >= 11 is 0. The Hall–Kier alpha value is -6.11. The number of anilines is 1. The highest BCUT2D eigenvalue weighted by atomic mass is 16.6. The Morgan fingerprint density at radius 1 is 0.825 bits per heavy atom. The van der Waals surface area contributed by atoms with Crippen LogP contribution < -0.4 is 10.7 Å². The van der Waals surface area contributed by atoms with Crippen molar-refractivity contribution in [2.24, 2.45) is 0 Å². The molecule has 1 amide bonds. The van der Waals surface area contributed by atoms with Gasteiger partial charge in [-0.25, -0.2) is 4.79 Å². The molecule has 0 radical (unpaired) electrons. The number of nitrogens with zero attached hydrogens (tertiary/aromatic N) is 2. The fourth-order valence-electron chi connectivity index (χ4n) is 4.33. The standard InChI is InChI=1S/C27H15N3O10/c31-15-3-6-18-23(11-15)40-24-12-16(32)4-7-19(24)25(18)17-5-2-14(10-20(17)27(34)35)28-26(33)13-1-8-21(29(36)37)22(9-13)30(38)39/h1-12,31H,(H,28,33)(H,34,35). The number of carboxylic acid groups (broad SMARTS) is 1. The zero-order valence-electron chi connectivity index (χ0n) is 20.0. The first kappa shape index (κ1) is 25.5. The van der Waals surface area contributed by atoms with Gasteiger partial charge in [0.15, 0.2) is 5.43 Å². The van der Waals surface area contributed by atoms with E-state index in [0.717, 1.165) is 18.2 Å². The van der Waals surface area contributed by atoms with Gasteiger partial charge in [0, 0.05) is 52.0 Å². The van der Waals surface area contributed by atoms with Crippen molar-refractivity contribution >= 4 is 39.9 Å². The largest absolute Gasteiger partial charge is 0.508 e. The van der Waals surface area contributed by atoms with Crippen molar-refractivity contribution in [3.8, 4) is 28.2 Å². The molecule has 0 atom stereocenters. The number of phenols is 1. The smallest absolute Gasteiger partial charge is 0.346 e. The van der Waals surface area contributed by atoms with Gasteiger partial charge in [0.2, 0.25) is 0 Å². The van der Waals surface area contributed by atoms with E-state index in [0.29, 0.717) is 16.5 Å². The molecule has 1 aliphatic carbocycles. The van der Waals surface area contributed by atoms with Crippen molar-refractivity contribution in [2.45, 2.75) is 0 Å². The molecule has 5 rings (SSSR count). The zero-order chi connectivity index (χ0) is 28.7. The minimum Gasteiger partial charge on any atom is -0.508 e. The van der Waals surface area contributed by atoms with Gasteiger partial charge in [-0.2, -0.15) is 0 Å². The quantitative estimate of drug-likeness (QED) is 0.148. The molecule has 198 valence electrons. The van der Waals surface area contributed by atoms with Crippen molar-refractivity contribution in [3.63, 3.8) is 0 Å². The molecule has 0 aromatic heterocycles. The topological polar surface area (TPSA) is 203 Å². The summed E-state index contributed by atoms with van der Waals surface area (Å²) in [4.78, 5) is 57.5.